The van der Waals surface area contributed by atoms with Gasteiger partial charge in [0.05, 0.1) is 6.10 Å². The van der Waals surface area contributed by atoms with E-state index in [0.717, 1.165) is 6.54 Å². The van der Waals surface area contributed by atoms with Gasteiger partial charge in [0.1, 0.15) is 0 Å². The van der Waals surface area contributed by atoms with E-state index < -0.39 is 0 Å². The lowest BCUT2D eigenvalue weighted by atomic mass is 9.80. The Hall–Kier alpha value is -0.120. The highest BCUT2D eigenvalue weighted by Crippen LogP contribution is 2.32. The SMILES string of the molecule is O[C@H]1C2CCN(CC2)[C@@H]1CN1CCCCC1. The molecule has 0 amide bonds. The second-order valence-corrected chi connectivity index (χ2v) is 5.79. The highest BCUT2D eigenvalue weighted by molar-refractivity contribution is 4.96. The Balaban J connectivity index is 1.60. The number of likely N-dealkylation sites (tertiary alicyclic amines) is 1. The van der Waals surface area contributed by atoms with E-state index >= 15 is 0 Å². The highest BCUT2D eigenvalue weighted by atomic mass is 16.3. The summed E-state index contributed by atoms with van der Waals surface area (Å²) in [6.07, 6.45) is 6.49. The first-order valence-electron chi connectivity index (χ1n) is 6.99. The minimum Gasteiger partial charge on any atom is -0.391 e. The first-order chi connectivity index (χ1) is 7.84. The summed E-state index contributed by atoms with van der Waals surface area (Å²) >= 11 is 0. The van der Waals surface area contributed by atoms with Crippen molar-refractivity contribution < 1.29 is 5.11 Å². The van der Waals surface area contributed by atoms with Crippen LogP contribution in [0, 0.1) is 5.92 Å². The van der Waals surface area contributed by atoms with Crippen molar-refractivity contribution >= 4 is 0 Å². The van der Waals surface area contributed by atoms with E-state index in [1.807, 2.05) is 0 Å². The average molecular weight is 224 g/mol. The number of hydrogen-bond donors (Lipinski definition) is 1. The lowest BCUT2D eigenvalue weighted by Crippen LogP contribution is -2.61. The topological polar surface area (TPSA) is 26.7 Å². The summed E-state index contributed by atoms with van der Waals surface area (Å²) in [6.45, 7) is 6.06. The number of aliphatic hydroxyl groups excluding tert-OH is 1. The minimum atomic E-state index is -0.0515. The smallest absolute Gasteiger partial charge is 0.0736 e. The molecule has 4 aliphatic heterocycles. The molecule has 4 aliphatic rings. The molecule has 3 heteroatoms. The zero-order valence-electron chi connectivity index (χ0n) is 10.1. The third-order valence-corrected chi connectivity index (χ3v) is 4.81. The van der Waals surface area contributed by atoms with E-state index in [4.69, 9.17) is 0 Å². The monoisotopic (exact) mass is 224 g/mol. The summed E-state index contributed by atoms with van der Waals surface area (Å²) in [5.41, 5.74) is 0. The molecule has 0 unspecified atom stereocenters. The molecule has 0 aromatic rings. The van der Waals surface area contributed by atoms with Gasteiger partial charge in [0.2, 0.25) is 0 Å². The largest absolute Gasteiger partial charge is 0.391 e. The van der Waals surface area contributed by atoms with Crippen molar-refractivity contribution in [1.82, 2.24) is 9.80 Å². The van der Waals surface area contributed by atoms with E-state index in [0.29, 0.717) is 12.0 Å². The van der Waals surface area contributed by atoms with Crippen LogP contribution in [0.15, 0.2) is 0 Å². The minimum absolute atomic E-state index is 0.0515. The maximum absolute atomic E-state index is 10.3. The lowest BCUT2D eigenvalue weighted by molar-refractivity contribution is -0.0826. The van der Waals surface area contributed by atoms with Crippen molar-refractivity contribution in [2.24, 2.45) is 5.92 Å². The quantitative estimate of drug-likeness (QED) is 0.756. The van der Waals surface area contributed by atoms with Gasteiger partial charge >= 0.3 is 0 Å². The Bertz CT molecular complexity index is 230. The molecule has 0 radical (unpaired) electrons. The highest BCUT2D eigenvalue weighted by Gasteiger charge is 2.41. The zero-order chi connectivity index (χ0) is 11.0. The van der Waals surface area contributed by atoms with Crippen LogP contribution in [0.1, 0.15) is 32.1 Å². The summed E-state index contributed by atoms with van der Waals surface area (Å²) in [7, 11) is 0. The van der Waals surface area contributed by atoms with Crippen molar-refractivity contribution in [1.29, 1.82) is 0 Å². The van der Waals surface area contributed by atoms with Crippen molar-refractivity contribution in [3.63, 3.8) is 0 Å². The fourth-order valence-electron chi connectivity index (χ4n) is 3.75. The van der Waals surface area contributed by atoms with Gasteiger partial charge in [-0.05, 0) is 57.8 Å². The van der Waals surface area contributed by atoms with Gasteiger partial charge in [-0.25, -0.2) is 0 Å². The molecule has 0 aromatic heterocycles. The molecule has 4 saturated heterocycles. The predicted molar refractivity (Wildman–Crippen MR) is 64.4 cm³/mol. The van der Waals surface area contributed by atoms with Crippen LogP contribution in [-0.2, 0) is 0 Å². The van der Waals surface area contributed by atoms with Gasteiger partial charge in [-0.3, -0.25) is 4.90 Å². The summed E-state index contributed by atoms with van der Waals surface area (Å²) < 4.78 is 0. The first-order valence-corrected chi connectivity index (χ1v) is 6.99. The molecule has 1 N–H and O–H groups in total. The number of rotatable bonds is 2. The normalized spacial score (nSPS) is 44.8. The lowest BCUT2D eigenvalue weighted by Gasteiger charge is -2.50. The van der Waals surface area contributed by atoms with Gasteiger partial charge in [0, 0.05) is 12.6 Å². The molecular formula is C13H24N2O. The Labute approximate surface area is 98.4 Å². The molecule has 4 rings (SSSR count). The Morgan fingerprint density at radius 1 is 0.938 bits per heavy atom. The standard InChI is InChI=1S/C13H24N2O/c16-13-11-4-8-15(9-5-11)12(13)10-14-6-2-1-3-7-14/h11-13,16H,1-10H2/t12-,13+/m1/s1. The maximum Gasteiger partial charge on any atom is 0.0736 e. The summed E-state index contributed by atoms with van der Waals surface area (Å²) in [5.74, 6) is 0.597. The fraction of sp³-hybridized carbons (Fsp3) is 1.00. The van der Waals surface area contributed by atoms with Gasteiger partial charge in [0.25, 0.3) is 0 Å². The third-order valence-electron chi connectivity index (χ3n) is 4.81. The fourth-order valence-corrected chi connectivity index (χ4v) is 3.75. The Morgan fingerprint density at radius 3 is 2.25 bits per heavy atom. The predicted octanol–water partition coefficient (Wildman–Crippen LogP) is 0.927. The molecule has 16 heavy (non-hydrogen) atoms. The zero-order valence-corrected chi connectivity index (χ0v) is 10.1. The van der Waals surface area contributed by atoms with Gasteiger partial charge in [0.15, 0.2) is 0 Å². The Kier molecular flexibility index (Phi) is 3.18. The molecule has 2 atom stereocenters. The van der Waals surface area contributed by atoms with Gasteiger partial charge in [-0.15, -0.1) is 0 Å². The van der Waals surface area contributed by atoms with Crippen LogP contribution in [0.25, 0.3) is 0 Å². The average Bonchev–Trinajstić information content (AvgIpc) is 2.36. The van der Waals surface area contributed by atoms with Crippen molar-refractivity contribution in [2.75, 3.05) is 32.7 Å². The summed E-state index contributed by atoms with van der Waals surface area (Å²) in [5, 5.41) is 10.3. The van der Waals surface area contributed by atoms with Gasteiger partial charge in [-0.1, -0.05) is 6.42 Å². The number of nitrogens with zero attached hydrogens (tertiary/aromatic N) is 2. The van der Waals surface area contributed by atoms with Crippen LogP contribution in [0.3, 0.4) is 0 Å². The molecule has 3 nitrogen and oxygen atoms in total. The van der Waals surface area contributed by atoms with Crippen LogP contribution >= 0.6 is 0 Å². The van der Waals surface area contributed by atoms with Crippen LogP contribution < -0.4 is 0 Å². The summed E-state index contributed by atoms with van der Waals surface area (Å²) in [6, 6.07) is 0.436. The van der Waals surface area contributed by atoms with Crippen molar-refractivity contribution in [2.45, 2.75) is 44.2 Å². The van der Waals surface area contributed by atoms with E-state index in [9.17, 15) is 5.11 Å². The third kappa shape index (κ3) is 2.01. The second kappa shape index (κ2) is 4.63. The van der Waals surface area contributed by atoms with Crippen LogP contribution in [0.5, 0.6) is 0 Å². The van der Waals surface area contributed by atoms with Crippen LogP contribution in [0.4, 0.5) is 0 Å². The molecular weight excluding hydrogens is 200 g/mol. The molecule has 4 heterocycles. The second-order valence-electron chi connectivity index (χ2n) is 5.79. The molecule has 92 valence electrons. The first kappa shape index (κ1) is 11.0. The van der Waals surface area contributed by atoms with Crippen molar-refractivity contribution in [3.8, 4) is 0 Å². The van der Waals surface area contributed by atoms with E-state index in [1.54, 1.807) is 0 Å². The number of piperidine rings is 4. The van der Waals surface area contributed by atoms with Crippen LogP contribution in [0.2, 0.25) is 0 Å². The molecule has 2 bridgehead atoms. The Morgan fingerprint density at radius 2 is 1.62 bits per heavy atom. The number of hydrogen-bond acceptors (Lipinski definition) is 3. The molecule has 0 aromatic carbocycles. The summed E-state index contributed by atoms with van der Waals surface area (Å²) in [4.78, 5) is 5.09. The van der Waals surface area contributed by atoms with Gasteiger partial charge < -0.3 is 10.0 Å². The number of aliphatic hydroxyl groups is 1. The van der Waals surface area contributed by atoms with Crippen LogP contribution in [-0.4, -0.2) is 59.8 Å². The number of fused-ring (bicyclic) bond motifs is 3. The van der Waals surface area contributed by atoms with E-state index in [1.165, 1.54) is 58.3 Å². The molecule has 0 aliphatic carbocycles. The van der Waals surface area contributed by atoms with E-state index in [2.05, 4.69) is 9.80 Å². The van der Waals surface area contributed by atoms with Crippen molar-refractivity contribution in [3.05, 3.63) is 0 Å². The molecule has 4 fully saturated rings. The molecule has 0 spiro atoms. The van der Waals surface area contributed by atoms with E-state index in [-0.39, 0.29) is 6.10 Å². The molecule has 0 saturated carbocycles. The van der Waals surface area contributed by atoms with Gasteiger partial charge in [-0.2, -0.15) is 0 Å². The maximum atomic E-state index is 10.3.